The number of guanidine groups is 1. The van der Waals surface area contributed by atoms with Crippen LogP contribution in [0.5, 0.6) is 0 Å². The predicted molar refractivity (Wildman–Crippen MR) is 103 cm³/mol. The quantitative estimate of drug-likeness (QED) is 0.636. The zero-order valence-electron chi connectivity index (χ0n) is 14.4. The van der Waals surface area contributed by atoms with Crippen molar-refractivity contribution >= 4 is 23.2 Å². The second-order valence-corrected chi connectivity index (χ2v) is 6.65. The van der Waals surface area contributed by atoms with Crippen molar-refractivity contribution in [3.05, 3.63) is 64.9 Å². The summed E-state index contributed by atoms with van der Waals surface area (Å²) >= 11 is 5.85. The van der Waals surface area contributed by atoms with Crippen LogP contribution in [-0.4, -0.2) is 48.7 Å². The molecule has 138 valence electrons. The number of aliphatic hydroxyl groups excluding tert-OH is 1. The lowest BCUT2D eigenvalue weighted by Crippen LogP contribution is -2.51. The van der Waals surface area contributed by atoms with Gasteiger partial charge in [0.15, 0.2) is 5.96 Å². The molecule has 2 aromatic rings. The summed E-state index contributed by atoms with van der Waals surface area (Å²) in [5.41, 5.74) is 7.83. The zero-order chi connectivity index (χ0) is 18.5. The SMILES string of the molecule is NC(=NCC(O)c1ccc(Cl)cc1)N1CCN(c2ccc(F)cc2)CC1. The second kappa shape index (κ2) is 8.38. The molecule has 1 heterocycles. The maximum Gasteiger partial charge on any atom is 0.191 e. The first-order valence-electron chi connectivity index (χ1n) is 8.52. The molecule has 1 aliphatic rings. The van der Waals surface area contributed by atoms with E-state index in [0.717, 1.165) is 37.4 Å². The van der Waals surface area contributed by atoms with Crippen LogP contribution in [-0.2, 0) is 0 Å². The summed E-state index contributed by atoms with van der Waals surface area (Å²) in [4.78, 5) is 8.51. The molecule has 0 aliphatic carbocycles. The summed E-state index contributed by atoms with van der Waals surface area (Å²) < 4.78 is 13.0. The number of hydrogen-bond donors (Lipinski definition) is 2. The molecular formula is C19H22ClFN4O. The van der Waals surface area contributed by atoms with Crippen molar-refractivity contribution in [3.8, 4) is 0 Å². The fraction of sp³-hybridized carbons (Fsp3) is 0.316. The van der Waals surface area contributed by atoms with E-state index >= 15 is 0 Å². The molecule has 2 aromatic carbocycles. The first-order valence-corrected chi connectivity index (χ1v) is 8.89. The van der Waals surface area contributed by atoms with Gasteiger partial charge in [-0.1, -0.05) is 23.7 Å². The van der Waals surface area contributed by atoms with Gasteiger partial charge in [-0.3, -0.25) is 4.99 Å². The fourth-order valence-electron chi connectivity index (χ4n) is 2.92. The third-order valence-corrected chi connectivity index (χ3v) is 4.73. The van der Waals surface area contributed by atoms with Gasteiger partial charge in [-0.25, -0.2) is 4.39 Å². The Morgan fingerprint density at radius 1 is 1.08 bits per heavy atom. The Morgan fingerprint density at radius 3 is 2.31 bits per heavy atom. The summed E-state index contributed by atoms with van der Waals surface area (Å²) in [5, 5.41) is 10.8. The number of benzene rings is 2. The molecule has 5 nitrogen and oxygen atoms in total. The van der Waals surface area contributed by atoms with E-state index < -0.39 is 6.10 Å². The normalized spacial score (nSPS) is 16.7. The van der Waals surface area contributed by atoms with Gasteiger partial charge in [-0.2, -0.15) is 0 Å². The monoisotopic (exact) mass is 376 g/mol. The van der Waals surface area contributed by atoms with Crippen LogP contribution in [0.1, 0.15) is 11.7 Å². The Morgan fingerprint density at radius 2 is 1.69 bits per heavy atom. The standard InChI is InChI=1S/C19H22ClFN4O/c20-15-3-1-14(2-4-15)18(26)13-23-19(22)25-11-9-24(10-12-25)17-7-5-16(21)6-8-17/h1-8,18,26H,9-13H2,(H2,22,23). The number of halogens is 2. The molecule has 7 heteroatoms. The van der Waals surface area contributed by atoms with Gasteiger partial charge < -0.3 is 20.6 Å². The number of piperazine rings is 1. The van der Waals surface area contributed by atoms with Gasteiger partial charge in [0.1, 0.15) is 5.82 Å². The summed E-state index contributed by atoms with van der Waals surface area (Å²) in [6.07, 6.45) is -0.716. The highest BCUT2D eigenvalue weighted by Crippen LogP contribution is 2.18. The highest BCUT2D eigenvalue weighted by Gasteiger charge is 2.19. The van der Waals surface area contributed by atoms with Crippen molar-refractivity contribution in [2.45, 2.75) is 6.10 Å². The minimum absolute atomic E-state index is 0.200. The maximum atomic E-state index is 13.0. The number of anilines is 1. The fourth-order valence-corrected chi connectivity index (χ4v) is 3.04. The molecule has 0 aromatic heterocycles. The number of rotatable bonds is 4. The van der Waals surface area contributed by atoms with Crippen molar-refractivity contribution in [3.63, 3.8) is 0 Å². The van der Waals surface area contributed by atoms with E-state index in [-0.39, 0.29) is 12.4 Å². The van der Waals surface area contributed by atoms with E-state index in [1.54, 1.807) is 36.4 Å². The number of hydrogen-bond acceptors (Lipinski definition) is 3. The third-order valence-electron chi connectivity index (χ3n) is 4.48. The van der Waals surface area contributed by atoms with Crippen molar-refractivity contribution in [2.24, 2.45) is 10.7 Å². The van der Waals surface area contributed by atoms with Crippen molar-refractivity contribution in [1.29, 1.82) is 0 Å². The lowest BCUT2D eigenvalue weighted by molar-refractivity contribution is 0.186. The minimum Gasteiger partial charge on any atom is -0.386 e. The molecule has 0 bridgehead atoms. The van der Waals surface area contributed by atoms with Gasteiger partial charge in [0.05, 0.1) is 12.6 Å². The minimum atomic E-state index is -0.716. The zero-order valence-corrected chi connectivity index (χ0v) is 15.1. The van der Waals surface area contributed by atoms with Crippen LogP contribution < -0.4 is 10.6 Å². The van der Waals surface area contributed by atoms with E-state index in [1.165, 1.54) is 12.1 Å². The van der Waals surface area contributed by atoms with Gasteiger partial charge in [0.2, 0.25) is 0 Å². The van der Waals surface area contributed by atoms with Crippen LogP contribution in [0.2, 0.25) is 5.02 Å². The molecule has 0 amide bonds. The smallest absolute Gasteiger partial charge is 0.191 e. The summed E-state index contributed by atoms with van der Waals surface area (Å²) in [6.45, 7) is 3.21. The van der Waals surface area contributed by atoms with E-state index in [1.807, 2.05) is 4.90 Å². The van der Waals surface area contributed by atoms with E-state index in [9.17, 15) is 9.50 Å². The first kappa shape index (κ1) is 18.5. The van der Waals surface area contributed by atoms with Crippen LogP contribution in [0.4, 0.5) is 10.1 Å². The number of nitrogens with zero attached hydrogens (tertiary/aromatic N) is 3. The van der Waals surface area contributed by atoms with Crippen LogP contribution in [0.3, 0.4) is 0 Å². The lowest BCUT2D eigenvalue weighted by Gasteiger charge is -2.36. The number of aliphatic imine (C=N–C) groups is 1. The molecule has 3 N–H and O–H groups in total. The Hall–Kier alpha value is -2.31. The van der Waals surface area contributed by atoms with Crippen LogP contribution in [0.15, 0.2) is 53.5 Å². The van der Waals surface area contributed by atoms with E-state index in [4.69, 9.17) is 17.3 Å². The highest BCUT2D eigenvalue weighted by molar-refractivity contribution is 6.30. The van der Waals surface area contributed by atoms with Crippen molar-refractivity contribution in [1.82, 2.24) is 4.90 Å². The van der Waals surface area contributed by atoms with E-state index in [0.29, 0.717) is 11.0 Å². The lowest BCUT2D eigenvalue weighted by atomic mass is 10.1. The van der Waals surface area contributed by atoms with E-state index in [2.05, 4.69) is 9.89 Å². The molecule has 1 saturated heterocycles. The number of nitrogens with two attached hydrogens (primary N) is 1. The molecular weight excluding hydrogens is 355 g/mol. The van der Waals surface area contributed by atoms with Gasteiger partial charge in [0.25, 0.3) is 0 Å². The number of aliphatic hydroxyl groups is 1. The molecule has 1 fully saturated rings. The van der Waals surface area contributed by atoms with Gasteiger partial charge in [-0.15, -0.1) is 0 Å². The Labute approximate surface area is 157 Å². The molecule has 1 unspecified atom stereocenters. The van der Waals surface area contributed by atoms with Crippen LogP contribution in [0, 0.1) is 5.82 Å². The van der Waals surface area contributed by atoms with Crippen molar-refractivity contribution in [2.75, 3.05) is 37.6 Å². The highest BCUT2D eigenvalue weighted by atomic mass is 35.5. The van der Waals surface area contributed by atoms with Gasteiger partial charge in [0, 0.05) is 36.9 Å². The Balaban J connectivity index is 1.52. The third kappa shape index (κ3) is 4.65. The average Bonchev–Trinajstić information content (AvgIpc) is 2.67. The molecule has 26 heavy (non-hydrogen) atoms. The molecule has 1 atom stereocenters. The second-order valence-electron chi connectivity index (χ2n) is 6.22. The van der Waals surface area contributed by atoms with Gasteiger partial charge >= 0.3 is 0 Å². The Bertz CT molecular complexity index is 743. The molecule has 1 aliphatic heterocycles. The molecule has 0 spiro atoms. The maximum absolute atomic E-state index is 13.0. The van der Waals surface area contributed by atoms with Crippen LogP contribution in [0.25, 0.3) is 0 Å². The topological polar surface area (TPSA) is 65.1 Å². The molecule has 0 radical (unpaired) electrons. The largest absolute Gasteiger partial charge is 0.386 e. The first-order chi connectivity index (χ1) is 12.5. The Kier molecular flexibility index (Phi) is 5.96. The van der Waals surface area contributed by atoms with Crippen LogP contribution >= 0.6 is 11.6 Å². The predicted octanol–water partition coefficient (Wildman–Crippen LogP) is 2.65. The average molecular weight is 377 g/mol. The van der Waals surface area contributed by atoms with Gasteiger partial charge in [-0.05, 0) is 42.0 Å². The molecule has 3 rings (SSSR count). The summed E-state index contributed by atoms with van der Waals surface area (Å²) in [7, 11) is 0. The molecule has 0 saturated carbocycles. The summed E-state index contributed by atoms with van der Waals surface area (Å²) in [6, 6.07) is 13.5. The van der Waals surface area contributed by atoms with Crippen molar-refractivity contribution < 1.29 is 9.50 Å². The summed E-state index contributed by atoms with van der Waals surface area (Å²) in [5.74, 6) is 0.194.